The Morgan fingerprint density at radius 3 is 2.18 bits per heavy atom. The van der Waals surface area contributed by atoms with Gasteiger partial charge in [-0.05, 0) is 31.6 Å². The van der Waals surface area contributed by atoms with Gasteiger partial charge in [-0.15, -0.1) is 0 Å². The first kappa shape index (κ1) is 10.7. The van der Waals surface area contributed by atoms with E-state index in [1.54, 1.807) is 0 Å². The summed E-state index contributed by atoms with van der Waals surface area (Å²) in [6, 6.07) is 0. The minimum atomic E-state index is 0.759. The topological polar surface area (TPSA) is 0 Å². The Balaban J connectivity index is 3.75. The first-order valence-corrected chi connectivity index (χ1v) is 4.73. The SMILES string of the molecule is CC/C(C)=C/C(C)CC(C)C. The van der Waals surface area contributed by atoms with Crippen molar-refractivity contribution in [1.29, 1.82) is 0 Å². The highest BCUT2D eigenvalue weighted by Gasteiger charge is 2.01. The van der Waals surface area contributed by atoms with Crippen LogP contribution in [0.4, 0.5) is 0 Å². The van der Waals surface area contributed by atoms with Gasteiger partial charge in [0.25, 0.3) is 0 Å². The quantitative estimate of drug-likeness (QED) is 0.536. The number of hydrogen-bond donors (Lipinski definition) is 0. The summed E-state index contributed by atoms with van der Waals surface area (Å²) in [4.78, 5) is 0. The predicted octanol–water partition coefficient (Wildman–Crippen LogP) is 4.02. The lowest BCUT2D eigenvalue weighted by Crippen LogP contribution is -1.97. The Morgan fingerprint density at radius 2 is 1.82 bits per heavy atom. The maximum atomic E-state index is 2.40. The molecule has 0 aliphatic rings. The number of allylic oxidation sites excluding steroid dienone is 2. The molecular weight excluding hydrogens is 132 g/mol. The van der Waals surface area contributed by atoms with E-state index in [1.807, 2.05) is 0 Å². The van der Waals surface area contributed by atoms with E-state index in [2.05, 4.69) is 40.7 Å². The van der Waals surface area contributed by atoms with Gasteiger partial charge in [0.15, 0.2) is 0 Å². The van der Waals surface area contributed by atoms with E-state index in [-0.39, 0.29) is 0 Å². The van der Waals surface area contributed by atoms with E-state index < -0.39 is 0 Å². The van der Waals surface area contributed by atoms with Gasteiger partial charge in [0, 0.05) is 0 Å². The van der Waals surface area contributed by atoms with Crippen LogP contribution in [-0.4, -0.2) is 0 Å². The van der Waals surface area contributed by atoms with E-state index in [0.717, 1.165) is 11.8 Å². The molecule has 66 valence electrons. The Kier molecular flexibility index (Phi) is 5.27. The highest BCUT2D eigenvalue weighted by Crippen LogP contribution is 2.14. The second-order valence-corrected chi connectivity index (χ2v) is 3.97. The molecule has 0 amide bonds. The molecular formula is C11H22. The zero-order valence-electron chi connectivity index (χ0n) is 8.65. The molecule has 0 heterocycles. The van der Waals surface area contributed by atoms with Crippen LogP contribution in [0.3, 0.4) is 0 Å². The van der Waals surface area contributed by atoms with Crippen molar-refractivity contribution < 1.29 is 0 Å². The van der Waals surface area contributed by atoms with Crippen LogP contribution in [0.5, 0.6) is 0 Å². The second kappa shape index (κ2) is 5.40. The summed E-state index contributed by atoms with van der Waals surface area (Å²) in [6.07, 6.45) is 4.92. The molecule has 0 fully saturated rings. The van der Waals surface area contributed by atoms with Crippen LogP contribution < -0.4 is 0 Å². The fourth-order valence-electron chi connectivity index (χ4n) is 1.42. The summed E-state index contributed by atoms with van der Waals surface area (Å²) in [5.41, 5.74) is 1.53. The first-order chi connectivity index (χ1) is 5.06. The average molecular weight is 154 g/mol. The molecule has 0 N–H and O–H groups in total. The molecule has 0 saturated heterocycles. The maximum absolute atomic E-state index is 2.40. The predicted molar refractivity (Wildman–Crippen MR) is 52.7 cm³/mol. The van der Waals surface area contributed by atoms with Gasteiger partial charge in [-0.25, -0.2) is 0 Å². The Bertz CT molecular complexity index is 120. The van der Waals surface area contributed by atoms with Crippen LogP contribution in [-0.2, 0) is 0 Å². The second-order valence-electron chi connectivity index (χ2n) is 3.97. The smallest absolute Gasteiger partial charge is 0.0257 e. The van der Waals surface area contributed by atoms with Crippen LogP contribution in [0.15, 0.2) is 11.6 Å². The summed E-state index contributed by atoms with van der Waals surface area (Å²) in [5, 5.41) is 0. The summed E-state index contributed by atoms with van der Waals surface area (Å²) in [5.74, 6) is 1.58. The molecule has 0 nitrogen and oxygen atoms in total. The summed E-state index contributed by atoms with van der Waals surface area (Å²) in [7, 11) is 0. The lowest BCUT2D eigenvalue weighted by molar-refractivity contribution is 0.501. The third-order valence-corrected chi connectivity index (χ3v) is 1.97. The Morgan fingerprint density at radius 1 is 1.27 bits per heavy atom. The Hall–Kier alpha value is -0.260. The highest BCUT2D eigenvalue weighted by atomic mass is 14.1. The fraction of sp³-hybridized carbons (Fsp3) is 0.818. The van der Waals surface area contributed by atoms with Gasteiger partial charge in [-0.1, -0.05) is 39.3 Å². The third-order valence-electron chi connectivity index (χ3n) is 1.97. The highest BCUT2D eigenvalue weighted by molar-refractivity contribution is 4.99. The van der Waals surface area contributed by atoms with E-state index in [0.29, 0.717) is 0 Å². The molecule has 0 aromatic carbocycles. The summed E-state index contributed by atoms with van der Waals surface area (Å²) < 4.78 is 0. The van der Waals surface area contributed by atoms with E-state index in [9.17, 15) is 0 Å². The average Bonchev–Trinajstić information content (AvgIpc) is 1.85. The van der Waals surface area contributed by atoms with Crippen LogP contribution >= 0.6 is 0 Å². The zero-order valence-corrected chi connectivity index (χ0v) is 8.65. The van der Waals surface area contributed by atoms with Gasteiger partial charge >= 0.3 is 0 Å². The third kappa shape index (κ3) is 6.15. The summed E-state index contributed by atoms with van der Waals surface area (Å²) >= 11 is 0. The molecule has 0 heteroatoms. The molecule has 0 spiro atoms. The molecule has 0 rings (SSSR count). The van der Waals surface area contributed by atoms with Crippen LogP contribution in [0, 0.1) is 11.8 Å². The molecule has 0 saturated carbocycles. The largest absolute Gasteiger partial charge is 0.0828 e. The van der Waals surface area contributed by atoms with E-state index >= 15 is 0 Å². The Labute approximate surface area is 71.7 Å². The van der Waals surface area contributed by atoms with Gasteiger partial charge in [0.05, 0.1) is 0 Å². The van der Waals surface area contributed by atoms with Gasteiger partial charge in [-0.2, -0.15) is 0 Å². The van der Waals surface area contributed by atoms with Crippen molar-refractivity contribution in [2.24, 2.45) is 11.8 Å². The van der Waals surface area contributed by atoms with Crippen molar-refractivity contribution in [3.8, 4) is 0 Å². The van der Waals surface area contributed by atoms with Crippen molar-refractivity contribution >= 4 is 0 Å². The zero-order chi connectivity index (χ0) is 8.85. The van der Waals surface area contributed by atoms with Crippen LogP contribution in [0.2, 0.25) is 0 Å². The van der Waals surface area contributed by atoms with Crippen molar-refractivity contribution in [2.75, 3.05) is 0 Å². The minimum Gasteiger partial charge on any atom is -0.0828 e. The van der Waals surface area contributed by atoms with Crippen LogP contribution in [0.1, 0.15) is 47.5 Å². The maximum Gasteiger partial charge on any atom is -0.0257 e. The summed E-state index contributed by atoms with van der Waals surface area (Å²) in [6.45, 7) is 11.3. The van der Waals surface area contributed by atoms with E-state index in [4.69, 9.17) is 0 Å². The minimum absolute atomic E-state index is 0.759. The van der Waals surface area contributed by atoms with Crippen molar-refractivity contribution in [3.63, 3.8) is 0 Å². The van der Waals surface area contributed by atoms with Crippen LogP contribution in [0.25, 0.3) is 0 Å². The van der Waals surface area contributed by atoms with Gasteiger partial charge < -0.3 is 0 Å². The van der Waals surface area contributed by atoms with Crippen molar-refractivity contribution in [2.45, 2.75) is 47.5 Å². The molecule has 0 aliphatic carbocycles. The molecule has 0 aliphatic heterocycles. The lowest BCUT2D eigenvalue weighted by Gasteiger charge is -2.10. The molecule has 1 atom stereocenters. The van der Waals surface area contributed by atoms with Crippen molar-refractivity contribution in [3.05, 3.63) is 11.6 Å². The molecule has 0 aromatic rings. The number of rotatable bonds is 4. The number of hydrogen-bond acceptors (Lipinski definition) is 0. The van der Waals surface area contributed by atoms with Crippen molar-refractivity contribution in [1.82, 2.24) is 0 Å². The molecule has 0 bridgehead atoms. The molecule has 1 unspecified atom stereocenters. The normalized spacial score (nSPS) is 15.6. The monoisotopic (exact) mass is 154 g/mol. The molecule has 11 heavy (non-hydrogen) atoms. The van der Waals surface area contributed by atoms with E-state index in [1.165, 1.54) is 18.4 Å². The fourth-order valence-corrected chi connectivity index (χ4v) is 1.42. The molecule has 0 aromatic heterocycles. The molecule has 0 radical (unpaired) electrons. The lowest BCUT2D eigenvalue weighted by atomic mass is 9.96. The van der Waals surface area contributed by atoms with Gasteiger partial charge in [0.1, 0.15) is 0 Å². The first-order valence-electron chi connectivity index (χ1n) is 4.73. The standard InChI is InChI=1S/C11H22/c1-6-10(4)8-11(5)7-9(2)3/h8-9,11H,6-7H2,1-5H3/b10-8+. The van der Waals surface area contributed by atoms with Gasteiger partial charge in [-0.3, -0.25) is 0 Å². The van der Waals surface area contributed by atoms with Gasteiger partial charge in [0.2, 0.25) is 0 Å².